The number of halogens is 2. The average molecular weight is 1630 g/mol. The van der Waals surface area contributed by atoms with Gasteiger partial charge in [0.1, 0.15) is 31.0 Å². The molecule has 13 rings (SSSR count). The summed E-state index contributed by atoms with van der Waals surface area (Å²) in [5.74, 6) is 0. The first-order valence-corrected chi connectivity index (χ1v) is 43.8. The summed E-state index contributed by atoms with van der Waals surface area (Å²) >= 11 is 5.19. The molecule has 0 saturated heterocycles. The average Bonchev–Trinajstić information content (AvgIpc) is 1.34. The second-order valence-electron chi connectivity index (χ2n) is 24.0. The van der Waals surface area contributed by atoms with Gasteiger partial charge in [0.05, 0.1) is 54.3 Å². The molecule has 0 saturated carbocycles. The zero-order valence-electron chi connectivity index (χ0n) is 55.9. The van der Waals surface area contributed by atoms with E-state index in [0.717, 1.165) is 57.6 Å². The van der Waals surface area contributed by atoms with Crippen molar-refractivity contribution in [2.24, 2.45) is 0 Å². The van der Waals surface area contributed by atoms with Gasteiger partial charge in [-0.25, -0.2) is 0 Å². The Morgan fingerprint density at radius 1 is 0.324 bits per heavy atom. The molecule has 19 nitrogen and oxygen atoms in total. The van der Waals surface area contributed by atoms with Crippen LogP contribution in [0.5, 0.6) is 0 Å². The molecule has 102 heavy (non-hydrogen) atoms. The number of unbranched alkanes of at least 4 members (excludes halogenated alkanes) is 3. The van der Waals surface area contributed by atoms with Gasteiger partial charge in [0.25, 0.3) is 0 Å². The number of nitrogens with zero attached hydrogens (tertiary/aromatic N) is 11. The fourth-order valence-corrected chi connectivity index (χ4v) is 31.3. The maximum Gasteiger partial charge on any atom is 0.363 e. The van der Waals surface area contributed by atoms with E-state index in [1.54, 1.807) is 27.8 Å². The number of benzene rings is 11. The molecule has 0 aliphatic heterocycles. The molecule has 13 aromatic rings. The number of nitro groups is 4. The van der Waals surface area contributed by atoms with Crippen LogP contribution in [0.25, 0.3) is 44.3 Å². The summed E-state index contributed by atoms with van der Waals surface area (Å²) in [6.45, 7) is 7.07. The predicted molar refractivity (Wildman–Crippen MR) is 423 cm³/mol. The van der Waals surface area contributed by atoms with Crippen molar-refractivity contribution in [3.63, 3.8) is 0 Å². The SMILES string of the molecule is CCC[CH2][Sn]([CH2]CCC)([CH2]CCC)[c]1ccc(N(c2ccccc2)c2ccccc2)cc1.O=[N+]([O-])c1c([N+](=O)[O-])c(-c2ccc(N(c3ccccc3)c3ccccc3)cc2)c2nsnc2c1-c1ccc(N(c2ccccc2)c2ccccc2)cc1.O=[N+]([O-])c1c([N+](=O)[O-])c(Br)c2nsnc2c1Br. The van der Waals surface area contributed by atoms with Crippen LogP contribution in [0.4, 0.5) is 73.9 Å². The van der Waals surface area contributed by atoms with E-state index in [0.29, 0.717) is 11.1 Å². The molecular weight excluding hydrogens is 1560 g/mol. The van der Waals surface area contributed by atoms with Crippen LogP contribution in [-0.2, 0) is 0 Å². The van der Waals surface area contributed by atoms with Crippen molar-refractivity contribution in [2.75, 3.05) is 14.7 Å². The largest absolute Gasteiger partial charge is 0.363 e. The molecule has 0 atom stereocenters. The number of aromatic nitrogens is 4. The number of fused-ring (bicyclic) bond motifs is 2. The normalized spacial score (nSPS) is 11.1. The van der Waals surface area contributed by atoms with Crippen molar-refractivity contribution in [1.29, 1.82) is 0 Å². The van der Waals surface area contributed by atoms with Gasteiger partial charge in [0.2, 0.25) is 0 Å². The van der Waals surface area contributed by atoms with Crippen LogP contribution < -0.4 is 18.3 Å². The number of hydrogen-bond acceptors (Lipinski definition) is 17. The molecule has 0 bridgehead atoms. The summed E-state index contributed by atoms with van der Waals surface area (Å²) < 4.78 is 22.9. The third-order valence-electron chi connectivity index (χ3n) is 17.6. The summed E-state index contributed by atoms with van der Waals surface area (Å²) in [6.07, 6.45) is 8.20. The standard InChI is InChI=1S/C42H28N6O4S.C18H14N.C6Br2N4O4S.3C4H9.Sn/c49-47(50)41-37(29-21-25-35(26-22-29)45(31-13-5-1-6-14-31)32-15-7-2-8-16-32)39-40(44-53-43-39)38(42(41)48(51)52)30-23-27-36(28-24-30)46(33-17-9-3-10-18-33)34-19-11-4-12-20-34;1-4-10-16(11-5-1)19(17-12-6-2-7-13-17)18-14-8-3-9-15-18;7-1-3-4(10-17-9-3)2(8)6(12(15)16)5(1)11(13)14;3*1-3-4-2;/h1-28H;1-2,4-15H;;3*1,3-4H2,2H3;. The summed E-state index contributed by atoms with van der Waals surface area (Å²) in [5.41, 5.74) is 8.20. The Morgan fingerprint density at radius 2 is 0.549 bits per heavy atom. The molecule has 0 unspecified atom stereocenters. The van der Waals surface area contributed by atoms with Gasteiger partial charge in [-0.15, -0.1) is 0 Å². The first-order valence-electron chi connectivity index (χ1n) is 33.2. The minimum absolute atomic E-state index is 0.0406. The summed E-state index contributed by atoms with van der Waals surface area (Å²) in [7, 11) is 0. The van der Waals surface area contributed by atoms with Gasteiger partial charge < -0.3 is 9.80 Å². The van der Waals surface area contributed by atoms with E-state index < -0.39 is 60.8 Å². The second kappa shape index (κ2) is 34.5. The van der Waals surface area contributed by atoms with Crippen molar-refractivity contribution in [3.8, 4) is 22.3 Å². The first-order chi connectivity index (χ1) is 49.7. The van der Waals surface area contributed by atoms with Gasteiger partial charge in [-0.2, -0.15) is 17.5 Å². The Morgan fingerprint density at radius 3 is 0.784 bits per heavy atom. The van der Waals surface area contributed by atoms with Crippen LogP contribution in [0.2, 0.25) is 13.3 Å². The third-order valence-corrected chi connectivity index (χ3v) is 35.8. The number of hydrogen-bond donors (Lipinski definition) is 0. The maximum absolute atomic E-state index is 12.9. The Labute approximate surface area is 619 Å². The third kappa shape index (κ3) is 16.2. The van der Waals surface area contributed by atoms with Crippen molar-refractivity contribution in [3.05, 3.63) is 304 Å². The molecule has 2 heterocycles. The van der Waals surface area contributed by atoms with Crippen LogP contribution in [0.3, 0.4) is 0 Å². The second-order valence-corrected chi connectivity index (χ2v) is 39.9. The van der Waals surface area contributed by atoms with E-state index in [-0.39, 0.29) is 42.1 Å². The van der Waals surface area contributed by atoms with Gasteiger partial charge in [0.15, 0.2) is 0 Å². The molecule has 0 spiro atoms. The Kier molecular flexibility index (Phi) is 24.7. The molecule has 0 fully saturated rings. The van der Waals surface area contributed by atoms with Crippen LogP contribution >= 0.6 is 55.3 Å². The monoisotopic (exact) mass is 1630 g/mol. The van der Waals surface area contributed by atoms with Crippen molar-refractivity contribution in [1.82, 2.24) is 17.5 Å². The molecule has 514 valence electrons. The van der Waals surface area contributed by atoms with Crippen LogP contribution in [-0.4, -0.2) is 55.6 Å². The summed E-state index contributed by atoms with van der Waals surface area (Å²) in [6, 6.07) is 84.9. The zero-order valence-corrected chi connectivity index (χ0v) is 63.5. The van der Waals surface area contributed by atoms with E-state index in [9.17, 15) is 40.5 Å². The number of rotatable bonds is 25. The van der Waals surface area contributed by atoms with E-state index >= 15 is 0 Å². The van der Waals surface area contributed by atoms with Gasteiger partial charge in [-0.1, -0.05) is 97.1 Å². The van der Waals surface area contributed by atoms with E-state index in [4.69, 9.17) is 0 Å². The fraction of sp³-hybridized carbons (Fsp3) is 0.154. The molecular formula is C78H69Br2N11O8S2Sn. The van der Waals surface area contributed by atoms with Gasteiger partial charge in [0, 0.05) is 34.1 Å². The summed E-state index contributed by atoms with van der Waals surface area (Å²) in [4.78, 5) is 51.0. The predicted octanol–water partition coefficient (Wildman–Crippen LogP) is 24.0. The number of para-hydroxylation sites is 6. The van der Waals surface area contributed by atoms with E-state index in [1.807, 2.05) is 146 Å². The molecule has 0 aliphatic carbocycles. The molecule has 2 aromatic heterocycles. The molecule has 0 aliphatic rings. The molecule has 0 amide bonds. The van der Waals surface area contributed by atoms with Gasteiger partial charge in [-0.3, -0.25) is 40.5 Å². The van der Waals surface area contributed by atoms with Crippen molar-refractivity contribution >= 4 is 173 Å². The molecule has 0 N–H and O–H groups in total. The molecule has 11 aromatic carbocycles. The van der Waals surface area contributed by atoms with Crippen LogP contribution in [0.15, 0.2) is 264 Å². The zero-order chi connectivity index (χ0) is 71.7. The Bertz CT molecular complexity index is 4630. The molecule has 0 radical (unpaired) electrons. The van der Waals surface area contributed by atoms with Crippen LogP contribution in [0.1, 0.15) is 59.3 Å². The van der Waals surface area contributed by atoms with E-state index in [2.05, 4.69) is 170 Å². The minimum Gasteiger partial charge on any atom is -0.311 e. The van der Waals surface area contributed by atoms with E-state index in [1.165, 1.54) is 68.9 Å². The minimum atomic E-state index is -2.39. The summed E-state index contributed by atoms with van der Waals surface area (Å²) in [5, 5.41) is 47.6. The van der Waals surface area contributed by atoms with Gasteiger partial charge in [-0.05, 0) is 116 Å². The quantitative estimate of drug-likeness (QED) is 0.0294. The first kappa shape index (κ1) is 73.1. The maximum atomic E-state index is 12.9. The van der Waals surface area contributed by atoms with Crippen molar-refractivity contribution < 1.29 is 19.7 Å². The number of anilines is 9. The number of nitro benzene ring substituents is 4. The Balaban J connectivity index is 0.000000179. The fourth-order valence-electron chi connectivity index (χ4n) is 12.8. The smallest absolute Gasteiger partial charge is 0.311 e. The topological polar surface area (TPSA) is 234 Å². The van der Waals surface area contributed by atoms with Gasteiger partial charge >= 0.3 is 224 Å². The van der Waals surface area contributed by atoms with Crippen LogP contribution in [0, 0.1) is 40.5 Å². The van der Waals surface area contributed by atoms with Crippen molar-refractivity contribution in [2.45, 2.75) is 72.6 Å². The Hall–Kier alpha value is -10.2. The molecule has 24 heteroatoms.